The molecule has 1 aromatic heterocycles. The summed E-state index contributed by atoms with van der Waals surface area (Å²) in [5.41, 5.74) is 2.69. The maximum absolute atomic E-state index is 11.3. The van der Waals surface area contributed by atoms with Crippen molar-refractivity contribution in [2.75, 3.05) is 13.1 Å². The summed E-state index contributed by atoms with van der Waals surface area (Å²) in [7, 11) is 0. The molecule has 0 bridgehead atoms. The van der Waals surface area contributed by atoms with Crippen LogP contribution in [-0.4, -0.2) is 29.1 Å². The second-order valence-electron chi connectivity index (χ2n) is 4.56. The average Bonchev–Trinajstić information content (AvgIpc) is 2.58. The van der Waals surface area contributed by atoms with Crippen molar-refractivity contribution in [3.63, 3.8) is 0 Å². The lowest BCUT2D eigenvalue weighted by atomic mass is 9.96. The summed E-state index contributed by atoms with van der Waals surface area (Å²) in [6.07, 6.45) is 0.782. The molecule has 0 spiro atoms. The van der Waals surface area contributed by atoms with Gasteiger partial charge in [0.25, 0.3) is 0 Å². The lowest BCUT2D eigenvalue weighted by Gasteiger charge is -2.13. The van der Waals surface area contributed by atoms with Crippen molar-refractivity contribution in [1.82, 2.24) is 10.3 Å². The predicted octanol–water partition coefficient (Wildman–Crippen LogP) is 1.55. The van der Waals surface area contributed by atoms with Crippen LogP contribution in [0.15, 0.2) is 30.3 Å². The van der Waals surface area contributed by atoms with E-state index in [-0.39, 0.29) is 0 Å². The zero-order valence-electron chi connectivity index (χ0n) is 9.89. The molecule has 0 amide bonds. The molecule has 2 heterocycles. The Bertz CT molecular complexity index is 610. The monoisotopic (exact) mass is 242 g/mol. The van der Waals surface area contributed by atoms with Crippen LogP contribution in [0.1, 0.15) is 17.2 Å². The largest absolute Gasteiger partial charge is 0.481 e. The molecule has 0 aliphatic carbocycles. The molecule has 0 saturated carbocycles. The van der Waals surface area contributed by atoms with E-state index in [4.69, 9.17) is 0 Å². The molecular weight excluding hydrogens is 228 g/mol. The number of nitrogens with zero attached hydrogens (tertiary/aromatic N) is 1. The van der Waals surface area contributed by atoms with Crippen LogP contribution in [0.5, 0.6) is 0 Å². The number of nitrogens with one attached hydrogen (secondary N) is 1. The molecule has 0 radical (unpaired) electrons. The van der Waals surface area contributed by atoms with Crippen molar-refractivity contribution in [1.29, 1.82) is 0 Å². The lowest BCUT2D eigenvalue weighted by Crippen LogP contribution is -2.25. The summed E-state index contributed by atoms with van der Waals surface area (Å²) in [4.78, 5) is 15.9. The molecule has 4 heteroatoms. The number of rotatable bonds is 1. The molecule has 2 aromatic rings. The number of hydrogen-bond acceptors (Lipinski definition) is 3. The summed E-state index contributed by atoms with van der Waals surface area (Å²) in [6, 6.07) is 9.81. The molecule has 1 aliphatic heterocycles. The van der Waals surface area contributed by atoms with E-state index in [0.717, 1.165) is 35.1 Å². The summed E-state index contributed by atoms with van der Waals surface area (Å²) in [6.45, 7) is 1.25. The van der Waals surface area contributed by atoms with E-state index >= 15 is 0 Å². The minimum Gasteiger partial charge on any atom is -0.481 e. The van der Waals surface area contributed by atoms with E-state index in [1.54, 1.807) is 0 Å². The van der Waals surface area contributed by atoms with Crippen LogP contribution < -0.4 is 5.32 Å². The second kappa shape index (κ2) is 4.38. The topological polar surface area (TPSA) is 62.2 Å². The number of carboxylic acids is 1. The smallest absolute Gasteiger partial charge is 0.312 e. The van der Waals surface area contributed by atoms with Crippen LogP contribution in [0, 0.1) is 0 Å². The molecule has 0 fully saturated rings. The van der Waals surface area contributed by atoms with E-state index in [0.29, 0.717) is 6.54 Å². The summed E-state index contributed by atoms with van der Waals surface area (Å²) in [5.74, 6) is -1.29. The molecule has 2 N–H and O–H groups in total. The van der Waals surface area contributed by atoms with Crippen LogP contribution >= 0.6 is 0 Å². The third kappa shape index (κ3) is 1.84. The second-order valence-corrected chi connectivity index (χ2v) is 4.56. The number of carboxylic acid groups (broad SMARTS) is 1. The van der Waals surface area contributed by atoms with Gasteiger partial charge >= 0.3 is 5.97 Å². The predicted molar refractivity (Wildman–Crippen MR) is 68.7 cm³/mol. The van der Waals surface area contributed by atoms with Gasteiger partial charge in [0.15, 0.2) is 0 Å². The van der Waals surface area contributed by atoms with Gasteiger partial charge in [-0.2, -0.15) is 0 Å². The van der Waals surface area contributed by atoms with Crippen LogP contribution in [0.4, 0.5) is 0 Å². The van der Waals surface area contributed by atoms with Crippen molar-refractivity contribution in [2.24, 2.45) is 0 Å². The van der Waals surface area contributed by atoms with Gasteiger partial charge in [-0.05, 0) is 17.7 Å². The fraction of sp³-hybridized carbons (Fsp3) is 0.286. The molecule has 92 valence electrons. The van der Waals surface area contributed by atoms with Gasteiger partial charge in [-0.25, -0.2) is 0 Å². The van der Waals surface area contributed by atoms with E-state index in [9.17, 15) is 9.90 Å². The van der Waals surface area contributed by atoms with Gasteiger partial charge in [-0.3, -0.25) is 9.78 Å². The van der Waals surface area contributed by atoms with Crippen LogP contribution in [0.2, 0.25) is 0 Å². The third-order valence-electron chi connectivity index (χ3n) is 3.40. The highest BCUT2D eigenvalue weighted by atomic mass is 16.4. The van der Waals surface area contributed by atoms with Crippen molar-refractivity contribution in [3.8, 4) is 0 Å². The Morgan fingerprint density at radius 3 is 3.06 bits per heavy atom. The van der Waals surface area contributed by atoms with E-state index in [2.05, 4.69) is 10.3 Å². The Kier molecular flexibility index (Phi) is 2.72. The average molecular weight is 242 g/mol. The molecule has 1 unspecified atom stereocenters. The van der Waals surface area contributed by atoms with Crippen LogP contribution in [0.3, 0.4) is 0 Å². The summed E-state index contributed by atoms with van der Waals surface area (Å²) in [5, 5.41) is 13.5. The maximum Gasteiger partial charge on any atom is 0.312 e. The van der Waals surface area contributed by atoms with Gasteiger partial charge in [0, 0.05) is 30.6 Å². The molecule has 3 rings (SSSR count). The van der Waals surface area contributed by atoms with Gasteiger partial charge in [-0.15, -0.1) is 0 Å². The van der Waals surface area contributed by atoms with Crippen LogP contribution in [-0.2, 0) is 11.2 Å². The Labute approximate surface area is 105 Å². The van der Waals surface area contributed by atoms with Crippen molar-refractivity contribution in [3.05, 3.63) is 41.6 Å². The normalized spacial score (nSPS) is 19.2. The fourth-order valence-corrected chi connectivity index (χ4v) is 2.46. The first-order chi connectivity index (χ1) is 8.75. The minimum atomic E-state index is -0.789. The first kappa shape index (κ1) is 11.2. The zero-order chi connectivity index (χ0) is 12.5. The maximum atomic E-state index is 11.3. The Morgan fingerprint density at radius 2 is 2.22 bits per heavy atom. The van der Waals surface area contributed by atoms with E-state index < -0.39 is 11.9 Å². The highest BCUT2D eigenvalue weighted by molar-refractivity contribution is 5.83. The van der Waals surface area contributed by atoms with Gasteiger partial charge in [0.05, 0.1) is 11.4 Å². The standard InChI is InChI=1S/C14H14N2O2/c17-14(18)11-8-15-6-5-13-10(11)7-9-3-1-2-4-12(9)16-13/h1-4,7,11,15H,5-6,8H2,(H,17,18). The molecular formula is C14H14N2O2. The first-order valence-electron chi connectivity index (χ1n) is 6.08. The van der Waals surface area contributed by atoms with E-state index in [1.807, 2.05) is 30.3 Å². The van der Waals surface area contributed by atoms with Crippen molar-refractivity contribution in [2.45, 2.75) is 12.3 Å². The Hall–Kier alpha value is -1.94. The highest BCUT2D eigenvalue weighted by Crippen LogP contribution is 2.25. The number of para-hydroxylation sites is 1. The van der Waals surface area contributed by atoms with Crippen molar-refractivity contribution < 1.29 is 9.90 Å². The first-order valence-corrected chi connectivity index (χ1v) is 6.08. The number of hydrogen-bond donors (Lipinski definition) is 2. The molecule has 4 nitrogen and oxygen atoms in total. The molecule has 1 aliphatic rings. The summed E-state index contributed by atoms with van der Waals surface area (Å²) >= 11 is 0. The zero-order valence-corrected chi connectivity index (χ0v) is 9.89. The highest BCUT2D eigenvalue weighted by Gasteiger charge is 2.25. The minimum absolute atomic E-state index is 0.475. The van der Waals surface area contributed by atoms with Gasteiger partial charge in [0.1, 0.15) is 0 Å². The quantitative estimate of drug-likeness (QED) is 0.796. The summed E-state index contributed by atoms with van der Waals surface area (Å²) < 4.78 is 0. The number of aliphatic carboxylic acids is 1. The number of benzene rings is 1. The third-order valence-corrected chi connectivity index (χ3v) is 3.40. The lowest BCUT2D eigenvalue weighted by molar-refractivity contribution is -0.138. The van der Waals surface area contributed by atoms with Crippen LogP contribution in [0.25, 0.3) is 10.9 Å². The fourth-order valence-electron chi connectivity index (χ4n) is 2.46. The van der Waals surface area contributed by atoms with E-state index in [1.165, 1.54) is 0 Å². The Balaban J connectivity index is 2.21. The SMILES string of the molecule is O=C(O)C1CNCCc2nc3ccccc3cc21. The van der Waals surface area contributed by atoms with Crippen molar-refractivity contribution >= 4 is 16.9 Å². The molecule has 1 atom stereocenters. The number of aromatic nitrogens is 1. The van der Waals surface area contributed by atoms with Gasteiger partial charge in [-0.1, -0.05) is 18.2 Å². The number of fused-ring (bicyclic) bond motifs is 2. The molecule has 1 aromatic carbocycles. The Morgan fingerprint density at radius 1 is 1.39 bits per heavy atom. The molecule has 18 heavy (non-hydrogen) atoms. The molecule has 0 saturated heterocycles. The number of carbonyl (C=O) groups is 1. The number of pyridine rings is 1. The van der Waals surface area contributed by atoms with Gasteiger partial charge < -0.3 is 10.4 Å². The van der Waals surface area contributed by atoms with Gasteiger partial charge in [0.2, 0.25) is 0 Å².